The van der Waals surface area contributed by atoms with Crippen LogP contribution in [0.25, 0.3) is 0 Å². The summed E-state index contributed by atoms with van der Waals surface area (Å²) in [6.07, 6.45) is 2.53. The molecule has 2 N–H and O–H groups in total. The molecule has 0 amide bonds. The van der Waals surface area contributed by atoms with Gasteiger partial charge in [0.2, 0.25) is 0 Å². The highest BCUT2D eigenvalue weighted by molar-refractivity contribution is 5.51. The maximum atomic E-state index is 9.48. The van der Waals surface area contributed by atoms with Crippen LogP contribution in [-0.4, -0.2) is 30.0 Å². The van der Waals surface area contributed by atoms with Crippen LogP contribution in [0.2, 0.25) is 0 Å². The summed E-state index contributed by atoms with van der Waals surface area (Å²) in [5.74, 6) is 0. The first kappa shape index (κ1) is 12.4. The van der Waals surface area contributed by atoms with E-state index in [1.807, 2.05) is 18.2 Å². The summed E-state index contributed by atoms with van der Waals surface area (Å²) in [4.78, 5) is 0. The molecule has 3 atom stereocenters. The lowest BCUT2D eigenvalue weighted by Gasteiger charge is -2.24. The molecule has 1 heterocycles. The molecule has 1 aromatic carbocycles. The Kier molecular flexibility index (Phi) is 4.02. The normalized spacial score (nSPS) is 25.8. The third kappa shape index (κ3) is 2.99. The summed E-state index contributed by atoms with van der Waals surface area (Å²) in [6.45, 7) is 4.25. The summed E-state index contributed by atoms with van der Waals surface area (Å²) in [6, 6.07) is 8.11. The Bertz CT molecular complexity index is 367. The minimum atomic E-state index is -0.0129. The smallest absolute Gasteiger partial charge is 0.0803 e. The van der Waals surface area contributed by atoms with Crippen LogP contribution in [0.4, 0.5) is 5.69 Å². The summed E-state index contributed by atoms with van der Waals surface area (Å²) in [5, 5.41) is 12.9. The lowest BCUT2D eigenvalue weighted by atomic mass is 10.1. The van der Waals surface area contributed by atoms with Crippen molar-refractivity contribution < 1.29 is 9.84 Å². The van der Waals surface area contributed by atoms with Crippen molar-refractivity contribution in [3.63, 3.8) is 0 Å². The van der Waals surface area contributed by atoms with Gasteiger partial charge in [0, 0.05) is 5.69 Å². The SMILES string of the molecule is Cc1ccccc1NC(CO)C1CCC(C)O1. The zero-order chi connectivity index (χ0) is 12.3. The van der Waals surface area contributed by atoms with Gasteiger partial charge in [-0.15, -0.1) is 0 Å². The van der Waals surface area contributed by atoms with Crippen molar-refractivity contribution in [1.29, 1.82) is 0 Å². The molecule has 1 aliphatic heterocycles. The van der Waals surface area contributed by atoms with E-state index in [-0.39, 0.29) is 18.8 Å². The van der Waals surface area contributed by atoms with Crippen molar-refractivity contribution in [3.8, 4) is 0 Å². The number of hydrogen-bond donors (Lipinski definition) is 2. The molecule has 3 nitrogen and oxygen atoms in total. The summed E-state index contributed by atoms with van der Waals surface area (Å²) >= 11 is 0. The van der Waals surface area contributed by atoms with Gasteiger partial charge in [0.25, 0.3) is 0 Å². The van der Waals surface area contributed by atoms with E-state index >= 15 is 0 Å². The van der Waals surface area contributed by atoms with Gasteiger partial charge in [-0.05, 0) is 38.3 Å². The van der Waals surface area contributed by atoms with Crippen LogP contribution in [0.15, 0.2) is 24.3 Å². The molecule has 94 valence electrons. The molecule has 2 rings (SSSR count). The zero-order valence-electron chi connectivity index (χ0n) is 10.5. The van der Waals surface area contributed by atoms with Crippen molar-refractivity contribution in [2.75, 3.05) is 11.9 Å². The van der Waals surface area contributed by atoms with Crippen molar-refractivity contribution in [2.24, 2.45) is 0 Å². The predicted molar refractivity (Wildman–Crippen MR) is 69.2 cm³/mol. The number of rotatable bonds is 4. The summed E-state index contributed by atoms with van der Waals surface area (Å²) in [7, 11) is 0. The standard InChI is InChI=1S/C14H21NO2/c1-10-5-3-4-6-12(10)15-13(9-16)14-8-7-11(2)17-14/h3-6,11,13-16H,7-9H2,1-2H3. The molecule has 1 saturated heterocycles. The van der Waals surface area contributed by atoms with E-state index in [1.165, 1.54) is 5.56 Å². The molecule has 0 radical (unpaired) electrons. The highest BCUT2D eigenvalue weighted by Crippen LogP contribution is 2.24. The molecule has 0 bridgehead atoms. The van der Waals surface area contributed by atoms with Crippen molar-refractivity contribution in [3.05, 3.63) is 29.8 Å². The summed E-state index contributed by atoms with van der Waals surface area (Å²) < 4.78 is 5.80. The van der Waals surface area contributed by atoms with Gasteiger partial charge in [-0.2, -0.15) is 0 Å². The van der Waals surface area contributed by atoms with Crippen LogP contribution >= 0.6 is 0 Å². The largest absolute Gasteiger partial charge is 0.394 e. The maximum Gasteiger partial charge on any atom is 0.0803 e. The van der Waals surface area contributed by atoms with Crippen molar-refractivity contribution >= 4 is 5.69 Å². The van der Waals surface area contributed by atoms with Gasteiger partial charge in [0.15, 0.2) is 0 Å². The minimum Gasteiger partial charge on any atom is -0.394 e. The zero-order valence-corrected chi connectivity index (χ0v) is 10.5. The van der Waals surface area contributed by atoms with Crippen LogP contribution in [0.5, 0.6) is 0 Å². The van der Waals surface area contributed by atoms with Gasteiger partial charge in [-0.3, -0.25) is 0 Å². The lowest BCUT2D eigenvalue weighted by Crippen LogP contribution is -2.37. The molecule has 0 aromatic heterocycles. The van der Waals surface area contributed by atoms with E-state index in [0.717, 1.165) is 18.5 Å². The first-order valence-corrected chi connectivity index (χ1v) is 6.29. The van der Waals surface area contributed by atoms with Crippen LogP contribution in [0.1, 0.15) is 25.3 Å². The number of hydrogen-bond acceptors (Lipinski definition) is 3. The van der Waals surface area contributed by atoms with E-state index in [9.17, 15) is 5.11 Å². The number of para-hydroxylation sites is 1. The average molecular weight is 235 g/mol. The third-order valence-electron chi connectivity index (χ3n) is 3.40. The van der Waals surface area contributed by atoms with Gasteiger partial charge in [0.1, 0.15) is 0 Å². The Morgan fingerprint density at radius 2 is 2.18 bits per heavy atom. The quantitative estimate of drug-likeness (QED) is 0.841. The fraction of sp³-hybridized carbons (Fsp3) is 0.571. The second kappa shape index (κ2) is 5.52. The molecule has 3 heteroatoms. The van der Waals surface area contributed by atoms with Crippen molar-refractivity contribution in [1.82, 2.24) is 0 Å². The van der Waals surface area contributed by atoms with E-state index in [4.69, 9.17) is 4.74 Å². The molecule has 17 heavy (non-hydrogen) atoms. The Hall–Kier alpha value is -1.06. The number of aliphatic hydroxyl groups excluding tert-OH is 1. The topological polar surface area (TPSA) is 41.5 Å². The molecule has 3 unspecified atom stereocenters. The molecular formula is C14H21NO2. The highest BCUT2D eigenvalue weighted by Gasteiger charge is 2.29. The van der Waals surface area contributed by atoms with E-state index in [2.05, 4.69) is 25.2 Å². The number of benzene rings is 1. The average Bonchev–Trinajstić information content (AvgIpc) is 2.75. The Labute approximate surface area is 103 Å². The summed E-state index contributed by atoms with van der Waals surface area (Å²) in [5.41, 5.74) is 2.27. The van der Waals surface area contributed by atoms with Crippen LogP contribution in [-0.2, 0) is 4.74 Å². The molecule has 1 aliphatic rings. The van der Waals surface area contributed by atoms with Crippen LogP contribution in [0, 0.1) is 6.92 Å². The first-order chi connectivity index (χ1) is 8.20. The second-order valence-electron chi connectivity index (χ2n) is 4.81. The van der Waals surface area contributed by atoms with E-state index in [0.29, 0.717) is 6.10 Å². The fourth-order valence-electron chi connectivity index (χ4n) is 2.32. The first-order valence-electron chi connectivity index (χ1n) is 6.29. The van der Waals surface area contributed by atoms with Gasteiger partial charge < -0.3 is 15.2 Å². The molecule has 1 fully saturated rings. The molecule has 0 aliphatic carbocycles. The van der Waals surface area contributed by atoms with Gasteiger partial charge >= 0.3 is 0 Å². The van der Waals surface area contributed by atoms with Gasteiger partial charge in [0.05, 0.1) is 24.9 Å². The van der Waals surface area contributed by atoms with Gasteiger partial charge in [-0.25, -0.2) is 0 Å². The maximum absolute atomic E-state index is 9.48. The van der Waals surface area contributed by atoms with Crippen LogP contribution in [0.3, 0.4) is 0 Å². The molecule has 0 saturated carbocycles. The highest BCUT2D eigenvalue weighted by atomic mass is 16.5. The van der Waals surface area contributed by atoms with Crippen LogP contribution < -0.4 is 5.32 Å². The molecule has 1 aromatic rings. The fourth-order valence-corrected chi connectivity index (χ4v) is 2.32. The lowest BCUT2D eigenvalue weighted by molar-refractivity contribution is 0.0324. The molecule has 0 spiro atoms. The Morgan fingerprint density at radius 1 is 1.41 bits per heavy atom. The number of anilines is 1. The minimum absolute atomic E-state index is 0.0129. The number of aryl methyl sites for hydroxylation is 1. The Balaban J connectivity index is 2.03. The van der Waals surface area contributed by atoms with E-state index < -0.39 is 0 Å². The Morgan fingerprint density at radius 3 is 2.76 bits per heavy atom. The molecular weight excluding hydrogens is 214 g/mol. The third-order valence-corrected chi connectivity index (χ3v) is 3.40. The van der Waals surface area contributed by atoms with Crippen molar-refractivity contribution in [2.45, 2.75) is 44.9 Å². The number of nitrogens with one attached hydrogen (secondary N) is 1. The predicted octanol–water partition coefficient (Wildman–Crippen LogP) is 2.34. The van der Waals surface area contributed by atoms with Gasteiger partial charge in [-0.1, -0.05) is 18.2 Å². The van der Waals surface area contributed by atoms with E-state index in [1.54, 1.807) is 0 Å². The second-order valence-corrected chi connectivity index (χ2v) is 4.81. The number of ether oxygens (including phenoxy) is 1. The monoisotopic (exact) mass is 235 g/mol. The number of aliphatic hydroxyl groups is 1.